The molecule has 0 saturated heterocycles. The number of halogens is 1. The summed E-state index contributed by atoms with van der Waals surface area (Å²) < 4.78 is 5.79. The first kappa shape index (κ1) is 24.5. The minimum Gasteiger partial charge on any atom is -0.494 e. The summed E-state index contributed by atoms with van der Waals surface area (Å²) in [5.41, 5.74) is 2.78. The average molecular weight is 464 g/mol. The van der Waals surface area contributed by atoms with E-state index in [9.17, 15) is 9.59 Å². The first-order valence-electron chi connectivity index (χ1n) is 11.2. The highest BCUT2D eigenvalue weighted by atomic mass is 35.5. The zero-order valence-electron chi connectivity index (χ0n) is 19.4. The summed E-state index contributed by atoms with van der Waals surface area (Å²) in [4.78, 5) is 25.4. The first-order valence-corrected chi connectivity index (χ1v) is 11.6. The fraction of sp³-hybridized carbons (Fsp3) is 0.286. The number of anilines is 1. The Kier molecular flexibility index (Phi) is 8.29. The lowest BCUT2D eigenvalue weighted by Gasteiger charge is -2.23. The lowest BCUT2D eigenvalue weighted by molar-refractivity contribution is -0.116. The Bertz CT molecular complexity index is 1090. The number of benzene rings is 3. The van der Waals surface area contributed by atoms with Crippen LogP contribution in [0.3, 0.4) is 0 Å². The lowest BCUT2D eigenvalue weighted by Crippen LogP contribution is -2.16. The Hall–Kier alpha value is -3.11. The third-order valence-electron chi connectivity index (χ3n) is 5.87. The summed E-state index contributed by atoms with van der Waals surface area (Å²) in [6.45, 7) is 7.06. The summed E-state index contributed by atoms with van der Waals surface area (Å²) in [7, 11) is 0. The monoisotopic (exact) mass is 463 g/mol. The number of hydrogen-bond acceptors (Lipinski definition) is 3. The van der Waals surface area contributed by atoms with Crippen molar-refractivity contribution in [1.29, 1.82) is 0 Å². The van der Waals surface area contributed by atoms with Gasteiger partial charge in [-0.05, 0) is 54.2 Å². The molecule has 0 aliphatic heterocycles. The van der Waals surface area contributed by atoms with E-state index in [2.05, 4.69) is 38.2 Å². The van der Waals surface area contributed by atoms with Crippen LogP contribution in [0.4, 0.5) is 5.69 Å². The van der Waals surface area contributed by atoms with Crippen LogP contribution in [0.25, 0.3) is 0 Å². The molecular formula is C28H30ClNO3. The molecule has 0 radical (unpaired) electrons. The molecule has 172 valence electrons. The molecule has 0 aliphatic carbocycles. The third kappa shape index (κ3) is 6.69. The van der Waals surface area contributed by atoms with Gasteiger partial charge in [-0.15, -0.1) is 0 Å². The Morgan fingerprint density at radius 2 is 1.67 bits per heavy atom. The maximum absolute atomic E-state index is 12.9. The van der Waals surface area contributed by atoms with Gasteiger partial charge in [-0.25, -0.2) is 0 Å². The van der Waals surface area contributed by atoms with E-state index in [-0.39, 0.29) is 23.5 Å². The Labute approximate surface area is 200 Å². The molecule has 3 rings (SSSR count). The molecule has 5 heteroatoms. The Morgan fingerprint density at radius 3 is 2.33 bits per heavy atom. The molecule has 0 heterocycles. The van der Waals surface area contributed by atoms with Crippen molar-refractivity contribution < 1.29 is 14.3 Å². The van der Waals surface area contributed by atoms with Gasteiger partial charge < -0.3 is 10.1 Å². The van der Waals surface area contributed by atoms with Crippen LogP contribution < -0.4 is 10.1 Å². The summed E-state index contributed by atoms with van der Waals surface area (Å²) in [6.07, 6.45) is 1.90. The number of hydrogen-bond donors (Lipinski definition) is 1. The molecule has 4 nitrogen and oxygen atoms in total. The van der Waals surface area contributed by atoms with Gasteiger partial charge in [0.2, 0.25) is 5.91 Å². The molecule has 0 aliphatic rings. The highest BCUT2D eigenvalue weighted by Gasteiger charge is 2.18. The molecule has 0 bridgehead atoms. The molecule has 0 atom stereocenters. The SMILES string of the molecule is CCC(C)(C)c1ccc(OCCCC(=O)Nc2ccc(Cl)cc2C(=O)c2ccccc2)cc1. The molecule has 33 heavy (non-hydrogen) atoms. The van der Waals surface area contributed by atoms with E-state index in [1.807, 2.05) is 18.2 Å². The zero-order valence-corrected chi connectivity index (χ0v) is 20.1. The molecule has 0 fully saturated rings. The number of carbonyl (C=O) groups excluding carboxylic acids is 2. The second kappa shape index (κ2) is 11.2. The van der Waals surface area contributed by atoms with E-state index in [0.29, 0.717) is 34.9 Å². The molecule has 0 saturated carbocycles. The van der Waals surface area contributed by atoms with E-state index in [1.165, 1.54) is 5.56 Å². The normalized spacial score (nSPS) is 11.2. The lowest BCUT2D eigenvalue weighted by atomic mass is 9.82. The van der Waals surface area contributed by atoms with Gasteiger partial charge in [-0.3, -0.25) is 9.59 Å². The summed E-state index contributed by atoms with van der Waals surface area (Å²) in [5.74, 6) is 0.425. The molecule has 1 N–H and O–H groups in total. The number of amides is 1. The highest BCUT2D eigenvalue weighted by molar-refractivity contribution is 6.31. The van der Waals surface area contributed by atoms with Gasteiger partial charge in [0.15, 0.2) is 5.78 Å². The molecule has 0 aromatic heterocycles. The van der Waals surface area contributed by atoms with Crippen molar-refractivity contribution in [1.82, 2.24) is 0 Å². The van der Waals surface area contributed by atoms with Gasteiger partial charge in [-0.2, -0.15) is 0 Å². The summed E-state index contributed by atoms with van der Waals surface area (Å²) >= 11 is 6.11. The average Bonchev–Trinajstić information content (AvgIpc) is 2.83. The number of ether oxygens (including phenoxy) is 1. The summed E-state index contributed by atoms with van der Waals surface area (Å²) in [6, 6.07) is 22.0. The quantitative estimate of drug-likeness (QED) is 0.258. The van der Waals surface area contributed by atoms with Crippen molar-refractivity contribution in [2.45, 2.75) is 45.4 Å². The van der Waals surface area contributed by atoms with Crippen LogP contribution >= 0.6 is 11.6 Å². The minimum absolute atomic E-state index is 0.138. The predicted molar refractivity (Wildman–Crippen MR) is 134 cm³/mol. The van der Waals surface area contributed by atoms with Crippen LogP contribution in [-0.4, -0.2) is 18.3 Å². The van der Waals surface area contributed by atoms with Crippen molar-refractivity contribution in [3.05, 3.63) is 94.5 Å². The van der Waals surface area contributed by atoms with Crippen LogP contribution in [0.5, 0.6) is 5.75 Å². The second-order valence-corrected chi connectivity index (χ2v) is 9.08. The van der Waals surface area contributed by atoms with Crippen LogP contribution in [0.15, 0.2) is 72.8 Å². The van der Waals surface area contributed by atoms with E-state index in [0.717, 1.165) is 12.2 Å². The largest absolute Gasteiger partial charge is 0.494 e. The second-order valence-electron chi connectivity index (χ2n) is 8.65. The van der Waals surface area contributed by atoms with Gasteiger partial charge >= 0.3 is 0 Å². The molecular weight excluding hydrogens is 434 g/mol. The van der Waals surface area contributed by atoms with Crippen molar-refractivity contribution >= 4 is 29.0 Å². The molecule has 3 aromatic rings. The van der Waals surface area contributed by atoms with Crippen molar-refractivity contribution in [3.8, 4) is 5.75 Å². The smallest absolute Gasteiger partial charge is 0.224 e. The van der Waals surface area contributed by atoms with Gasteiger partial charge in [0, 0.05) is 22.6 Å². The van der Waals surface area contributed by atoms with Gasteiger partial charge in [0.05, 0.1) is 12.3 Å². The number of carbonyl (C=O) groups is 2. The fourth-order valence-electron chi connectivity index (χ4n) is 3.40. The molecule has 0 spiro atoms. The highest BCUT2D eigenvalue weighted by Crippen LogP contribution is 2.28. The van der Waals surface area contributed by atoms with E-state index in [1.54, 1.807) is 42.5 Å². The number of ketones is 1. The van der Waals surface area contributed by atoms with Gasteiger partial charge in [0.1, 0.15) is 5.75 Å². The van der Waals surface area contributed by atoms with Gasteiger partial charge in [0.25, 0.3) is 0 Å². The zero-order chi connectivity index (χ0) is 23.8. The van der Waals surface area contributed by atoms with E-state index in [4.69, 9.17) is 16.3 Å². The van der Waals surface area contributed by atoms with E-state index < -0.39 is 0 Å². The third-order valence-corrected chi connectivity index (χ3v) is 6.11. The van der Waals surface area contributed by atoms with Crippen LogP contribution in [-0.2, 0) is 10.2 Å². The minimum atomic E-state index is -0.188. The molecule has 1 amide bonds. The standard InChI is InChI=1S/C28H30ClNO3/c1-4-28(2,3)21-12-15-23(16-13-21)33-18-8-11-26(31)30-25-17-14-22(29)19-24(25)27(32)20-9-6-5-7-10-20/h5-7,9-10,12-17,19H,4,8,11,18H2,1-3H3,(H,30,31). The number of rotatable bonds is 10. The fourth-order valence-corrected chi connectivity index (χ4v) is 3.57. The first-order chi connectivity index (χ1) is 15.8. The maximum Gasteiger partial charge on any atom is 0.224 e. The van der Waals surface area contributed by atoms with E-state index >= 15 is 0 Å². The van der Waals surface area contributed by atoms with Crippen LogP contribution in [0.2, 0.25) is 5.02 Å². The molecule has 0 unspecified atom stereocenters. The van der Waals surface area contributed by atoms with Crippen molar-refractivity contribution in [2.24, 2.45) is 0 Å². The number of nitrogens with one attached hydrogen (secondary N) is 1. The summed E-state index contributed by atoms with van der Waals surface area (Å²) in [5, 5.41) is 3.28. The Morgan fingerprint density at radius 1 is 0.970 bits per heavy atom. The Balaban J connectivity index is 1.54. The van der Waals surface area contributed by atoms with Crippen LogP contribution in [0, 0.1) is 0 Å². The van der Waals surface area contributed by atoms with Crippen LogP contribution in [0.1, 0.15) is 61.5 Å². The van der Waals surface area contributed by atoms with Gasteiger partial charge in [-0.1, -0.05) is 74.8 Å². The van der Waals surface area contributed by atoms with Crippen molar-refractivity contribution in [2.75, 3.05) is 11.9 Å². The maximum atomic E-state index is 12.9. The predicted octanol–water partition coefficient (Wildman–Crippen LogP) is 7.06. The molecule has 3 aromatic carbocycles. The van der Waals surface area contributed by atoms with Crippen molar-refractivity contribution in [3.63, 3.8) is 0 Å². The topological polar surface area (TPSA) is 55.4 Å².